The van der Waals surface area contributed by atoms with Crippen LogP contribution >= 0.6 is 0 Å². The van der Waals surface area contributed by atoms with Crippen molar-refractivity contribution in [3.8, 4) is 11.5 Å². The van der Waals surface area contributed by atoms with Gasteiger partial charge in [-0.3, -0.25) is 10.1 Å². The Morgan fingerprint density at radius 2 is 2.00 bits per heavy atom. The van der Waals surface area contributed by atoms with Gasteiger partial charge in [0.1, 0.15) is 17.0 Å². The number of carbonyl (C=O) groups is 1. The van der Waals surface area contributed by atoms with Crippen LogP contribution in [0.4, 0.5) is 0 Å². The van der Waals surface area contributed by atoms with Gasteiger partial charge in [0.25, 0.3) is 0 Å². The first-order valence-electron chi connectivity index (χ1n) is 5.87. The lowest BCUT2D eigenvalue weighted by Gasteiger charge is -2.35. The highest BCUT2D eigenvalue weighted by Gasteiger charge is 2.39. The highest BCUT2D eigenvalue weighted by molar-refractivity contribution is 5.88. The van der Waals surface area contributed by atoms with Crippen LogP contribution in [0.25, 0.3) is 0 Å². The van der Waals surface area contributed by atoms with Gasteiger partial charge in [0.15, 0.2) is 0 Å². The minimum Gasteiger partial charge on any atom is -0.497 e. The fourth-order valence-electron chi connectivity index (χ4n) is 2.17. The number of nitrogens with one attached hydrogen (secondary N) is 2. The predicted octanol–water partition coefficient (Wildman–Crippen LogP) is 0.638. The van der Waals surface area contributed by atoms with Crippen molar-refractivity contribution in [1.82, 2.24) is 10.6 Å². The lowest BCUT2D eigenvalue weighted by atomic mass is 9.88. The molecule has 5 nitrogen and oxygen atoms in total. The fraction of sp³-hybridized carbons (Fsp3) is 0.462. The number of hydrogen-bond acceptors (Lipinski definition) is 4. The molecule has 1 fully saturated rings. The average molecular weight is 250 g/mol. The molecule has 1 atom stereocenters. The Bertz CT molecular complexity index is 462. The SMILES string of the molecule is COc1ccc(C2(C)NCCNC2=O)c(OC)c1. The normalized spacial score (nSPS) is 23.4. The van der Waals surface area contributed by atoms with Gasteiger partial charge in [-0.15, -0.1) is 0 Å². The summed E-state index contributed by atoms with van der Waals surface area (Å²) in [6.45, 7) is 3.23. The first-order valence-corrected chi connectivity index (χ1v) is 5.87. The molecule has 1 aromatic rings. The van der Waals surface area contributed by atoms with E-state index in [1.165, 1.54) is 0 Å². The minimum atomic E-state index is -0.768. The molecule has 2 N–H and O–H groups in total. The maximum absolute atomic E-state index is 12.1. The minimum absolute atomic E-state index is 0.0442. The first kappa shape index (κ1) is 12.7. The number of piperazine rings is 1. The Balaban J connectivity index is 2.45. The van der Waals surface area contributed by atoms with Crippen molar-refractivity contribution in [3.63, 3.8) is 0 Å². The molecule has 1 heterocycles. The molecule has 1 aliphatic heterocycles. The summed E-state index contributed by atoms with van der Waals surface area (Å²) in [5, 5.41) is 6.10. The van der Waals surface area contributed by atoms with Crippen LogP contribution in [0.1, 0.15) is 12.5 Å². The van der Waals surface area contributed by atoms with Gasteiger partial charge in [-0.2, -0.15) is 0 Å². The highest BCUT2D eigenvalue weighted by Crippen LogP contribution is 2.33. The summed E-state index contributed by atoms with van der Waals surface area (Å²) >= 11 is 0. The van der Waals surface area contributed by atoms with Crippen LogP contribution in [0.3, 0.4) is 0 Å². The third-order valence-electron chi connectivity index (χ3n) is 3.29. The van der Waals surface area contributed by atoms with Gasteiger partial charge in [0.2, 0.25) is 5.91 Å². The van der Waals surface area contributed by atoms with Gasteiger partial charge in [-0.25, -0.2) is 0 Å². The highest BCUT2D eigenvalue weighted by atomic mass is 16.5. The van der Waals surface area contributed by atoms with Crippen molar-refractivity contribution in [3.05, 3.63) is 23.8 Å². The lowest BCUT2D eigenvalue weighted by molar-refractivity contribution is -0.129. The molecule has 1 saturated heterocycles. The van der Waals surface area contributed by atoms with Crippen LogP contribution in [-0.2, 0) is 10.3 Å². The van der Waals surface area contributed by atoms with Crippen molar-refractivity contribution in [1.29, 1.82) is 0 Å². The zero-order valence-corrected chi connectivity index (χ0v) is 10.9. The molecule has 2 rings (SSSR count). The second kappa shape index (κ2) is 4.86. The number of hydrogen-bond donors (Lipinski definition) is 2. The van der Waals surface area contributed by atoms with Gasteiger partial charge < -0.3 is 14.8 Å². The zero-order chi connectivity index (χ0) is 13.2. The van der Waals surface area contributed by atoms with Gasteiger partial charge in [-0.1, -0.05) is 0 Å². The summed E-state index contributed by atoms with van der Waals surface area (Å²) in [6, 6.07) is 5.46. The van der Waals surface area contributed by atoms with E-state index in [-0.39, 0.29) is 5.91 Å². The van der Waals surface area contributed by atoms with Crippen molar-refractivity contribution >= 4 is 5.91 Å². The van der Waals surface area contributed by atoms with Gasteiger partial charge in [0, 0.05) is 24.7 Å². The van der Waals surface area contributed by atoms with Crippen LogP contribution in [0.2, 0.25) is 0 Å². The number of carbonyl (C=O) groups excluding carboxylic acids is 1. The maximum atomic E-state index is 12.1. The first-order chi connectivity index (χ1) is 8.61. The second-order valence-electron chi connectivity index (χ2n) is 4.37. The summed E-state index contributed by atoms with van der Waals surface area (Å²) in [5.74, 6) is 1.30. The summed E-state index contributed by atoms with van der Waals surface area (Å²) in [5.41, 5.74) is 0.0403. The molecule has 1 aliphatic rings. The monoisotopic (exact) mass is 250 g/mol. The summed E-state index contributed by atoms with van der Waals surface area (Å²) in [7, 11) is 3.18. The number of benzene rings is 1. The van der Waals surface area contributed by atoms with Gasteiger partial charge in [-0.05, 0) is 19.1 Å². The van der Waals surface area contributed by atoms with E-state index in [4.69, 9.17) is 9.47 Å². The largest absolute Gasteiger partial charge is 0.497 e. The molecule has 1 unspecified atom stereocenters. The third-order valence-corrected chi connectivity index (χ3v) is 3.29. The van der Waals surface area contributed by atoms with E-state index in [0.717, 1.165) is 12.1 Å². The topological polar surface area (TPSA) is 59.6 Å². The Morgan fingerprint density at radius 3 is 2.61 bits per heavy atom. The fourth-order valence-corrected chi connectivity index (χ4v) is 2.17. The Morgan fingerprint density at radius 1 is 1.22 bits per heavy atom. The Kier molecular flexibility index (Phi) is 3.43. The maximum Gasteiger partial charge on any atom is 0.244 e. The second-order valence-corrected chi connectivity index (χ2v) is 4.37. The molecule has 0 bridgehead atoms. The third kappa shape index (κ3) is 2.01. The molecule has 0 aromatic heterocycles. The number of ether oxygens (including phenoxy) is 2. The molecule has 98 valence electrons. The molecule has 18 heavy (non-hydrogen) atoms. The van der Waals surface area contributed by atoms with Crippen molar-refractivity contribution in [2.45, 2.75) is 12.5 Å². The van der Waals surface area contributed by atoms with E-state index in [1.54, 1.807) is 20.3 Å². The molecule has 0 aliphatic carbocycles. The smallest absolute Gasteiger partial charge is 0.244 e. The average Bonchev–Trinajstić information content (AvgIpc) is 2.41. The number of rotatable bonds is 3. The van der Waals surface area contributed by atoms with E-state index < -0.39 is 5.54 Å². The summed E-state index contributed by atoms with van der Waals surface area (Å²) in [6.07, 6.45) is 0. The Hall–Kier alpha value is -1.75. The van der Waals surface area contributed by atoms with Crippen LogP contribution in [-0.4, -0.2) is 33.2 Å². The van der Waals surface area contributed by atoms with Crippen LogP contribution < -0.4 is 20.1 Å². The van der Waals surface area contributed by atoms with Crippen LogP contribution in [0.5, 0.6) is 11.5 Å². The quantitative estimate of drug-likeness (QED) is 0.826. The van der Waals surface area contributed by atoms with Crippen molar-refractivity contribution in [2.75, 3.05) is 27.3 Å². The molecule has 0 saturated carbocycles. The van der Waals surface area contributed by atoms with Crippen molar-refractivity contribution < 1.29 is 14.3 Å². The number of methoxy groups -OCH3 is 2. The van der Waals surface area contributed by atoms with Crippen LogP contribution in [0.15, 0.2) is 18.2 Å². The standard InChI is InChI=1S/C13H18N2O3/c1-13(12(16)14-6-7-15-13)10-5-4-9(17-2)8-11(10)18-3/h4-5,8,15H,6-7H2,1-3H3,(H,14,16). The van der Waals surface area contributed by atoms with E-state index >= 15 is 0 Å². The summed E-state index contributed by atoms with van der Waals surface area (Å²) < 4.78 is 10.5. The predicted molar refractivity (Wildman–Crippen MR) is 67.9 cm³/mol. The molecular formula is C13H18N2O3. The molecule has 0 radical (unpaired) electrons. The van der Waals surface area contributed by atoms with E-state index in [0.29, 0.717) is 18.0 Å². The van der Waals surface area contributed by atoms with E-state index in [1.807, 2.05) is 19.1 Å². The van der Waals surface area contributed by atoms with Crippen LogP contribution in [0, 0.1) is 0 Å². The Labute approximate surface area is 106 Å². The molecule has 0 spiro atoms. The molecule has 5 heteroatoms. The zero-order valence-electron chi connectivity index (χ0n) is 10.9. The van der Waals surface area contributed by atoms with Crippen molar-refractivity contribution in [2.24, 2.45) is 0 Å². The molecular weight excluding hydrogens is 232 g/mol. The summed E-state index contributed by atoms with van der Waals surface area (Å²) in [4.78, 5) is 12.1. The number of amides is 1. The molecule has 1 aromatic carbocycles. The molecule has 1 amide bonds. The van der Waals surface area contributed by atoms with Gasteiger partial charge >= 0.3 is 0 Å². The van der Waals surface area contributed by atoms with E-state index in [2.05, 4.69) is 10.6 Å². The van der Waals surface area contributed by atoms with E-state index in [9.17, 15) is 4.79 Å². The van der Waals surface area contributed by atoms with Gasteiger partial charge in [0.05, 0.1) is 14.2 Å². The lowest BCUT2D eigenvalue weighted by Crippen LogP contribution is -2.59.